The lowest BCUT2D eigenvalue weighted by molar-refractivity contribution is -0.125. The monoisotopic (exact) mass is 414 g/mol. The molecule has 2 atom stereocenters. The van der Waals surface area contributed by atoms with Crippen molar-refractivity contribution in [3.05, 3.63) is 29.8 Å². The number of nitrogens with zero attached hydrogens (tertiary/aromatic N) is 2. The molecular weight excluding hydrogens is 388 g/mol. The third-order valence-corrected chi connectivity index (χ3v) is 6.30. The van der Waals surface area contributed by atoms with Gasteiger partial charge >= 0.3 is 0 Å². The van der Waals surface area contributed by atoms with Crippen molar-refractivity contribution in [2.75, 3.05) is 13.1 Å². The average Bonchev–Trinajstić information content (AvgIpc) is 3.21. The summed E-state index contributed by atoms with van der Waals surface area (Å²) in [7, 11) is -3.69. The second kappa shape index (κ2) is 9.03. The van der Waals surface area contributed by atoms with Gasteiger partial charge in [-0.2, -0.15) is 8.42 Å². The fourth-order valence-electron chi connectivity index (χ4n) is 3.59. The lowest BCUT2D eigenvalue weighted by Crippen LogP contribution is -2.50. The first-order chi connectivity index (χ1) is 12.5. The number of halogens is 1. The minimum absolute atomic E-state index is 0. The van der Waals surface area contributed by atoms with Crippen molar-refractivity contribution in [1.82, 2.24) is 10.2 Å². The van der Waals surface area contributed by atoms with E-state index < -0.39 is 16.1 Å². The smallest absolute Gasteiger partial charge is 0.285 e. The number of amidine groups is 1. The summed E-state index contributed by atoms with van der Waals surface area (Å²) in [5, 5.41) is 3.03. The van der Waals surface area contributed by atoms with Gasteiger partial charge in [0.2, 0.25) is 5.91 Å². The highest BCUT2D eigenvalue weighted by Crippen LogP contribution is 2.31. The van der Waals surface area contributed by atoms with Gasteiger partial charge in [-0.3, -0.25) is 4.79 Å². The van der Waals surface area contributed by atoms with Crippen LogP contribution in [0.1, 0.15) is 44.6 Å². The molecule has 3 N–H and O–H groups in total. The number of sulfonamides is 1. The first kappa shape index (κ1) is 21.7. The van der Waals surface area contributed by atoms with E-state index in [1.807, 2.05) is 4.90 Å². The van der Waals surface area contributed by atoms with E-state index in [0.29, 0.717) is 30.9 Å². The van der Waals surface area contributed by atoms with Crippen molar-refractivity contribution < 1.29 is 13.2 Å². The SMILES string of the molecule is CCCCC(CN)NC(=O)C1CCCN1C1=NS(=O)(=O)c2ccccc21.Cl. The molecule has 1 aromatic rings. The van der Waals surface area contributed by atoms with Gasteiger partial charge in [0.1, 0.15) is 10.9 Å². The molecule has 1 amide bonds. The van der Waals surface area contributed by atoms with Crippen molar-refractivity contribution in [1.29, 1.82) is 0 Å². The molecule has 1 fully saturated rings. The van der Waals surface area contributed by atoms with Crippen LogP contribution in [-0.4, -0.2) is 50.2 Å². The molecule has 0 radical (unpaired) electrons. The van der Waals surface area contributed by atoms with E-state index in [0.717, 1.165) is 25.7 Å². The van der Waals surface area contributed by atoms with E-state index in [1.54, 1.807) is 24.3 Å². The second-order valence-electron chi connectivity index (χ2n) is 6.82. The van der Waals surface area contributed by atoms with Gasteiger partial charge in [0, 0.05) is 24.7 Å². The fraction of sp³-hybridized carbons (Fsp3) is 0.556. The van der Waals surface area contributed by atoms with E-state index in [2.05, 4.69) is 16.6 Å². The summed E-state index contributed by atoms with van der Waals surface area (Å²) in [6.07, 6.45) is 4.41. The lowest BCUT2D eigenvalue weighted by atomic mass is 10.1. The standard InChI is InChI=1S/C18H26N4O3S.ClH/c1-2-3-7-13(12-19)20-18(23)15-9-6-11-22(15)17-14-8-4-5-10-16(14)26(24,25)21-17;/h4-5,8,10,13,15H,2-3,6-7,9,11-12,19H2,1H3,(H,20,23);1H. The summed E-state index contributed by atoms with van der Waals surface area (Å²) in [6, 6.07) is 6.31. The summed E-state index contributed by atoms with van der Waals surface area (Å²) in [5.74, 6) is 0.287. The lowest BCUT2D eigenvalue weighted by Gasteiger charge is -2.27. The molecule has 1 aromatic carbocycles. The average molecular weight is 415 g/mol. The molecule has 0 saturated carbocycles. The number of rotatable bonds is 6. The Kier molecular flexibility index (Phi) is 7.25. The molecule has 0 aliphatic carbocycles. The molecule has 0 spiro atoms. The van der Waals surface area contributed by atoms with Crippen molar-refractivity contribution in [2.24, 2.45) is 10.1 Å². The van der Waals surface area contributed by atoms with E-state index in [9.17, 15) is 13.2 Å². The van der Waals surface area contributed by atoms with Crippen LogP contribution >= 0.6 is 12.4 Å². The minimum Gasteiger partial charge on any atom is -0.350 e. The van der Waals surface area contributed by atoms with Crippen LogP contribution in [-0.2, 0) is 14.8 Å². The first-order valence-corrected chi connectivity index (χ1v) is 10.6. The Hall–Kier alpha value is -1.64. The first-order valence-electron chi connectivity index (χ1n) is 9.19. The third kappa shape index (κ3) is 4.44. The van der Waals surface area contributed by atoms with Crippen molar-refractivity contribution in [3.8, 4) is 0 Å². The third-order valence-electron chi connectivity index (χ3n) is 4.98. The second-order valence-corrected chi connectivity index (χ2v) is 8.39. The van der Waals surface area contributed by atoms with Crippen LogP contribution < -0.4 is 11.1 Å². The highest BCUT2D eigenvalue weighted by atomic mass is 35.5. The number of likely N-dealkylation sites (tertiary alicyclic amines) is 1. The Morgan fingerprint density at radius 1 is 1.41 bits per heavy atom. The molecule has 0 aromatic heterocycles. The largest absolute Gasteiger partial charge is 0.350 e. The van der Waals surface area contributed by atoms with Gasteiger partial charge in [-0.15, -0.1) is 16.8 Å². The quantitative estimate of drug-likeness (QED) is 0.736. The van der Waals surface area contributed by atoms with Crippen LogP contribution in [0.5, 0.6) is 0 Å². The predicted molar refractivity (Wildman–Crippen MR) is 108 cm³/mol. The summed E-state index contributed by atoms with van der Waals surface area (Å²) >= 11 is 0. The van der Waals surface area contributed by atoms with E-state index >= 15 is 0 Å². The molecule has 2 aliphatic heterocycles. The highest BCUT2D eigenvalue weighted by Gasteiger charge is 2.39. The number of carbonyl (C=O) groups is 1. The maximum Gasteiger partial charge on any atom is 0.285 e. The summed E-state index contributed by atoms with van der Waals surface area (Å²) in [6.45, 7) is 3.11. The number of amides is 1. The zero-order chi connectivity index (χ0) is 18.7. The van der Waals surface area contributed by atoms with Crippen LogP contribution in [0.2, 0.25) is 0 Å². The van der Waals surface area contributed by atoms with Crippen molar-refractivity contribution >= 4 is 34.2 Å². The van der Waals surface area contributed by atoms with Crippen LogP contribution in [0.15, 0.2) is 33.6 Å². The van der Waals surface area contributed by atoms with E-state index in [4.69, 9.17) is 5.73 Å². The van der Waals surface area contributed by atoms with Gasteiger partial charge in [0.25, 0.3) is 10.0 Å². The van der Waals surface area contributed by atoms with E-state index in [-0.39, 0.29) is 29.3 Å². The maximum absolute atomic E-state index is 12.8. The molecule has 2 unspecified atom stereocenters. The van der Waals surface area contributed by atoms with Crippen LogP contribution in [0.25, 0.3) is 0 Å². The molecule has 2 aliphatic rings. The highest BCUT2D eigenvalue weighted by molar-refractivity contribution is 7.90. The Morgan fingerprint density at radius 3 is 2.85 bits per heavy atom. The van der Waals surface area contributed by atoms with Gasteiger partial charge in [-0.05, 0) is 31.4 Å². The van der Waals surface area contributed by atoms with Gasteiger partial charge in [0.15, 0.2) is 5.84 Å². The van der Waals surface area contributed by atoms with Gasteiger partial charge in [-0.1, -0.05) is 31.9 Å². The Balaban J connectivity index is 0.00000261. The summed E-state index contributed by atoms with van der Waals surface area (Å²) in [4.78, 5) is 14.8. The minimum atomic E-state index is -3.69. The zero-order valence-electron chi connectivity index (χ0n) is 15.4. The number of hydrogen-bond donors (Lipinski definition) is 2. The van der Waals surface area contributed by atoms with Crippen LogP contribution in [0.4, 0.5) is 0 Å². The van der Waals surface area contributed by atoms with Crippen molar-refractivity contribution in [2.45, 2.75) is 56.0 Å². The van der Waals surface area contributed by atoms with Gasteiger partial charge in [-0.25, -0.2) is 0 Å². The molecule has 150 valence electrons. The Morgan fingerprint density at radius 2 is 2.15 bits per heavy atom. The fourth-order valence-corrected chi connectivity index (χ4v) is 4.80. The van der Waals surface area contributed by atoms with E-state index in [1.165, 1.54) is 0 Å². The Bertz CT molecular complexity index is 813. The number of hydrogen-bond acceptors (Lipinski definition) is 5. The van der Waals surface area contributed by atoms with Gasteiger partial charge < -0.3 is 16.0 Å². The summed E-state index contributed by atoms with van der Waals surface area (Å²) in [5.41, 5.74) is 6.36. The Labute approximate surface area is 166 Å². The topological polar surface area (TPSA) is 105 Å². The van der Waals surface area contributed by atoms with Crippen molar-refractivity contribution in [3.63, 3.8) is 0 Å². The molecular formula is C18H27ClN4O3S. The van der Waals surface area contributed by atoms with Gasteiger partial charge in [0.05, 0.1) is 0 Å². The molecule has 0 bridgehead atoms. The molecule has 3 rings (SSSR count). The number of nitrogens with one attached hydrogen (secondary N) is 1. The van der Waals surface area contributed by atoms with Crippen LogP contribution in [0.3, 0.4) is 0 Å². The molecule has 1 saturated heterocycles. The number of benzene rings is 1. The zero-order valence-corrected chi connectivity index (χ0v) is 17.1. The summed E-state index contributed by atoms with van der Waals surface area (Å²) < 4.78 is 28.6. The number of unbranched alkanes of at least 4 members (excludes halogenated alkanes) is 1. The molecule has 9 heteroatoms. The maximum atomic E-state index is 12.8. The number of fused-ring (bicyclic) bond motifs is 1. The molecule has 27 heavy (non-hydrogen) atoms. The number of carbonyl (C=O) groups excluding carboxylic acids is 1. The normalized spacial score (nSPS) is 21.2. The number of nitrogens with two attached hydrogens (primary N) is 1. The predicted octanol–water partition coefficient (Wildman–Crippen LogP) is 1.66. The molecule has 2 heterocycles. The molecule has 7 nitrogen and oxygen atoms in total. The van der Waals surface area contributed by atoms with Crippen LogP contribution in [0, 0.1) is 0 Å².